The molecule has 0 radical (unpaired) electrons. The molecular weight excluding hydrogens is 328 g/mol. The summed E-state index contributed by atoms with van der Waals surface area (Å²) in [7, 11) is 0. The van der Waals surface area contributed by atoms with Crippen molar-refractivity contribution in [1.29, 1.82) is 0 Å². The molecule has 5 rings (SSSR count). The smallest absolute Gasteiger partial charge is 0.302 e. The van der Waals surface area contributed by atoms with Crippen molar-refractivity contribution < 1.29 is 9.21 Å². The number of nitrogens with one attached hydrogen (secondary N) is 1. The van der Waals surface area contributed by atoms with Crippen molar-refractivity contribution in [3.05, 3.63) is 48.6 Å². The van der Waals surface area contributed by atoms with Crippen LogP contribution in [0.2, 0.25) is 0 Å². The quantitative estimate of drug-likeness (QED) is 0.799. The number of allylic oxidation sites excluding steroid dienone is 3. The Bertz CT molecular complexity index is 981. The van der Waals surface area contributed by atoms with Crippen molar-refractivity contribution in [3.63, 3.8) is 0 Å². The number of carbonyl (C=O) groups is 1. The van der Waals surface area contributed by atoms with Gasteiger partial charge in [0, 0.05) is 12.1 Å². The van der Waals surface area contributed by atoms with E-state index in [4.69, 9.17) is 9.41 Å². The van der Waals surface area contributed by atoms with Crippen LogP contribution in [0.1, 0.15) is 25.7 Å². The summed E-state index contributed by atoms with van der Waals surface area (Å²) in [5.41, 5.74) is 1.79. The fourth-order valence-electron chi connectivity index (χ4n) is 4.03. The second kappa shape index (κ2) is 5.76. The van der Waals surface area contributed by atoms with Crippen LogP contribution in [0.5, 0.6) is 0 Å². The Kier molecular flexibility index (Phi) is 3.38. The summed E-state index contributed by atoms with van der Waals surface area (Å²) in [6.45, 7) is 0. The molecule has 26 heavy (non-hydrogen) atoms. The lowest BCUT2D eigenvalue weighted by molar-refractivity contribution is -0.117. The Morgan fingerprint density at radius 2 is 2.15 bits per heavy atom. The van der Waals surface area contributed by atoms with Crippen LogP contribution in [0.15, 0.2) is 63.0 Å². The number of rotatable bonds is 1. The number of aliphatic imine (C=N–C) groups is 2. The zero-order valence-corrected chi connectivity index (χ0v) is 14.2. The molecule has 2 aromatic rings. The first-order valence-electron chi connectivity index (χ1n) is 8.92. The van der Waals surface area contributed by atoms with Crippen LogP contribution in [0.25, 0.3) is 11.1 Å². The molecule has 0 bridgehead atoms. The zero-order chi connectivity index (χ0) is 17.6. The van der Waals surface area contributed by atoms with Gasteiger partial charge in [-0.05, 0) is 37.5 Å². The van der Waals surface area contributed by atoms with Gasteiger partial charge in [-0.25, -0.2) is 9.98 Å². The van der Waals surface area contributed by atoms with Gasteiger partial charge >= 0.3 is 6.01 Å². The van der Waals surface area contributed by atoms with Gasteiger partial charge in [0.1, 0.15) is 5.52 Å². The van der Waals surface area contributed by atoms with Crippen LogP contribution in [-0.2, 0) is 4.79 Å². The molecule has 1 spiro atoms. The van der Waals surface area contributed by atoms with Crippen LogP contribution < -0.4 is 5.32 Å². The number of nitrogens with zero attached hydrogens (tertiary/aromatic N) is 3. The van der Waals surface area contributed by atoms with E-state index in [0.29, 0.717) is 24.0 Å². The lowest BCUT2D eigenvalue weighted by Crippen LogP contribution is -2.49. The molecule has 0 saturated heterocycles. The standard InChI is InChI=1S/C20H18N4O2/c25-15-9-6-8-14-17(15)20(11-4-1-5-12-20)24-18(21-14)23-19-22-13-7-2-3-10-16(13)26-19/h2-4,6-7,9-11,17H,1,5,8,12H2,(H,22,23,24)/t17-,20+/m1/s1. The fourth-order valence-corrected chi connectivity index (χ4v) is 4.03. The highest BCUT2D eigenvalue weighted by Crippen LogP contribution is 2.39. The highest BCUT2D eigenvalue weighted by Gasteiger charge is 2.47. The van der Waals surface area contributed by atoms with E-state index >= 15 is 0 Å². The summed E-state index contributed by atoms with van der Waals surface area (Å²) in [5, 5.41) is 3.11. The van der Waals surface area contributed by atoms with E-state index in [1.54, 1.807) is 6.08 Å². The summed E-state index contributed by atoms with van der Waals surface area (Å²) in [6.07, 6.45) is 11.3. The lowest BCUT2D eigenvalue weighted by atomic mass is 9.70. The van der Waals surface area contributed by atoms with Crippen LogP contribution in [0.4, 0.5) is 6.01 Å². The summed E-state index contributed by atoms with van der Waals surface area (Å²) < 4.78 is 5.73. The second-order valence-electron chi connectivity index (χ2n) is 6.88. The monoisotopic (exact) mass is 346 g/mol. The predicted molar refractivity (Wildman–Crippen MR) is 100 cm³/mol. The maximum absolute atomic E-state index is 12.6. The Morgan fingerprint density at radius 3 is 3.00 bits per heavy atom. The van der Waals surface area contributed by atoms with Crippen LogP contribution >= 0.6 is 0 Å². The summed E-state index contributed by atoms with van der Waals surface area (Å²) in [5.74, 6) is 0.252. The molecule has 1 N–H and O–H groups in total. The Morgan fingerprint density at radius 1 is 1.23 bits per heavy atom. The number of fused-ring (bicyclic) bond motifs is 3. The van der Waals surface area contributed by atoms with Gasteiger partial charge in [0.05, 0.1) is 11.5 Å². The van der Waals surface area contributed by atoms with Gasteiger partial charge in [0.25, 0.3) is 0 Å². The number of oxazole rings is 1. The third kappa shape index (κ3) is 2.41. The second-order valence-corrected chi connectivity index (χ2v) is 6.88. The maximum Gasteiger partial charge on any atom is 0.302 e. The molecule has 3 aliphatic rings. The minimum atomic E-state index is -0.550. The largest absolute Gasteiger partial charge is 0.423 e. The Balaban J connectivity index is 1.55. The Labute approximate surface area is 150 Å². The molecule has 130 valence electrons. The molecule has 0 fully saturated rings. The zero-order valence-electron chi connectivity index (χ0n) is 14.2. The normalized spacial score (nSPS) is 27.4. The van der Waals surface area contributed by atoms with Crippen LogP contribution in [0, 0.1) is 5.92 Å². The van der Waals surface area contributed by atoms with E-state index in [0.717, 1.165) is 30.5 Å². The number of hydrogen-bond donors (Lipinski definition) is 1. The van der Waals surface area contributed by atoms with Gasteiger partial charge in [-0.1, -0.05) is 30.4 Å². The summed E-state index contributed by atoms with van der Waals surface area (Å²) in [4.78, 5) is 26.5. The summed E-state index contributed by atoms with van der Waals surface area (Å²) in [6, 6.07) is 7.94. The molecule has 0 saturated carbocycles. The van der Waals surface area contributed by atoms with Crippen molar-refractivity contribution in [3.8, 4) is 0 Å². The third-order valence-corrected chi connectivity index (χ3v) is 5.16. The van der Waals surface area contributed by atoms with Gasteiger partial charge in [0.15, 0.2) is 11.4 Å². The molecule has 0 unspecified atom stereocenters. The van der Waals surface area contributed by atoms with Crippen molar-refractivity contribution in [2.24, 2.45) is 15.9 Å². The molecule has 6 heteroatoms. The van der Waals surface area contributed by atoms with Crippen LogP contribution in [0.3, 0.4) is 0 Å². The predicted octanol–water partition coefficient (Wildman–Crippen LogP) is 3.67. The van der Waals surface area contributed by atoms with E-state index in [1.165, 1.54) is 0 Å². The van der Waals surface area contributed by atoms with E-state index in [1.807, 2.05) is 30.3 Å². The minimum absolute atomic E-state index is 0.0891. The number of benzene rings is 1. The van der Waals surface area contributed by atoms with Gasteiger partial charge in [-0.2, -0.15) is 4.98 Å². The molecule has 2 atom stereocenters. The highest BCUT2D eigenvalue weighted by atomic mass is 16.4. The maximum atomic E-state index is 12.6. The van der Waals surface area contributed by atoms with Crippen LogP contribution in [-0.4, -0.2) is 28.0 Å². The van der Waals surface area contributed by atoms with E-state index in [9.17, 15) is 4.79 Å². The SMILES string of the molecule is O=C1C=CCC2=NC(Nc3nc4ccccc4o3)=N[C@]3(C=CCCC3)[C@@H]12. The number of carbonyl (C=O) groups excluding carboxylic acids is 1. The van der Waals surface area contributed by atoms with Crippen molar-refractivity contribution in [1.82, 2.24) is 4.98 Å². The molecule has 6 nitrogen and oxygen atoms in total. The summed E-state index contributed by atoms with van der Waals surface area (Å²) >= 11 is 0. The van der Waals surface area contributed by atoms with E-state index < -0.39 is 5.54 Å². The average molecular weight is 346 g/mol. The average Bonchev–Trinajstić information content (AvgIpc) is 3.04. The molecule has 1 aliphatic heterocycles. The number of ketones is 1. The van der Waals surface area contributed by atoms with E-state index in [-0.39, 0.29) is 11.7 Å². The minimum Gasteiger partial charge on any atom is -0.423 e. The number of guanidine groups is 1. The highest BCUT2D eigenvalue weighted by molar-refractivity contribution is 6.19. The number of aromatic nitrogens is 1. The molecule has 2 heterocycles. The van der Waals surface area contributed by atoms with E-state index in [2.05, 4.69) is 27.4 Å². The number of para-hydroxylation sites is 2. The first kappa shape index (κ1) is 15.3. The fraction of sp³-hybridized carbons (Fsp3) is 0.300. The van der Waals surface area contributed by atoms with Gasteiger partial charge in [-0.3, -0.25) is 10.1 Å². The molecule has 2 aliphatic carbocycles. The topological polar surface area (TPSA) is 79.9 Å². The van der Waals surface area contributed by atoms with Crippen molar-refractivity contribution in [2.75, 3.05) is 5.32 Å². The van der Waals surface area contributed by atoms with Gasteiger partial charge in [0.2, 0.25) is 5.96 Å². The first-order chi connectivity index (χ1) is 12.7. The molecule has 0 amide bonds. The third-order valence-electron chi connectivity index (χ3n) is 5.16. The van der Waals surface area contributed by atoms with Gasteiger partial charge in [-0.15, -0.1) is 0 Å². The van der Waals surface area contributed by atoms with Gasteiger partial charge < -0.3 is 4.42 Å². The molecule has 1 aromatic carbocycles. The Hall–Kier alpha value is -3.02. The van der Waals surface area contributed by atoms with Crippen molar-refractivity contribution >= 4 is 34.6 Å². The lowest BCUT2D eigenvalue weighted by Gasteiger charge is -2.40. The van der Waals surface area contributed by atoms with Crippen molar-refractivity contribution in [2.45, 2.75) is 31.2 Å². The molecular formula is C20H18N4O2. The first-order valence-corrected chi connectivity index (χ1v) is 8.92. The number of hydrogen-bond acceptors (Lipinski definition) is 6. The number of anilines is 1. The molecule has 1 aromatic heterocycles.